The Hall–Kier alpha value is -3.86. The number of piperidine rings is 1. The first-order chi connectivity index (χ1) is 23.0. The number of amidine groups is 1. The van der Waals surface area contributed by atoms with Crippen molar-refractivity contribution in [2.45, 2.75) is 64.2 Å². The summed E-state index contributed by atoms with van der Waals surface area (Å²) in [7, 11) is -1.90. The third-order valence-electron chi connectivity index (χ3n) is 8.25. The van der Waals surface area contributed by atoms with Crippen molar-refractivity contribution < 1.29 is 17.9 Å². The van der Waals surface area contributed by atoms with Crippen LogP contribution in [0.2, 0.25) is 5.02 Å². The standard InChI is InChI=1S/C29H40ClN3O4S.C8H10N2/c1-4-8-24(31-3)11-6-9-22-15-17-33(18-16-22)29(34)21-32-38(35,36)26-12-7-10-23(19-26)27-14-13-25(37-5-2)20-28(27)30;1-6-3-2-4-7(5-6)8(9)10/h7-8,10,12-14,19-20,22,31-32H,4-6,9,11,15-18,21H2,1-3H3;2-5H,1H3,(H3,9,10)/b24-8+;. The van der Waals surface area contributed by atoms with Crippen LogP contribution >= 0.6 is 11.6 Å². The molecule has 4 rings (SSSR count). The average Bonchev–Trinajstić information content (AvgIpc) is 3.07. The van der Waals surface area contributed by atoms with Crippen LogP contribution in [0.5, 0.6) is 5.75 Å². The van der Waals surface area contributed by atoms with Crippen molar-refractivity contribution in [2.24, 2.45) is 11.7 Å². The van der Waals surface area contributed by atoms with E-state index in [1.807, 2.05) is 45.2 Å². The molecule has 48 heavy (non-hydrogen) atoms. The molecular formula is C37H50ClN5O4S. The summed E-state index contributed by atoms with van der Waals surface area (Å²) in [5, 5.41) is 10.8. The number of allylic oxidation sites excluding steroid dienone is 2. The summed E-state index contributed by atoms with van der Waals surface area (Å²) in [6, 6.07) is 19.5. The van der Waals surface area contributed by atoms with Crippen LogP contribution in [0.3, 0.4) is 0 Å². The Morgan fingerprint density at radius 2 is 1.81 bits per heavy atom. The second-order valence-corrected chi connectivity index (χ2v) is 14.0. The normalized spacial score (nSPS) is 13.8. The number of benzene rings is 3. The minimum Gasteiger partial charge on any atom is -0.494 e. The molecule has 5 N–H and O–H groups in total. The first-order valence-corrected chi connectivity index (χ1v) is 18.4. The van der Waals surface area contributed by atoms with Crippen molar-refractivity contribution >= 4 is 33.4 Å². The van der Waals surface area contributed by atoms with Gasteiger partial charge in [-0.05, 0) is 100 Å². The fourth-order valence-electron chi connectivity index (χ4n) is 5.61. The van der Waals surface area contributed by atoms with Gasteiger partial charge < -0.3 is 20.7 Å². The summed E-state index contributed by atoms with van der Waals surface area (Å²) < 4.78 is 33.9. The second-order valence-electron chi connectivity index (χ2n) is 11.8. The van der Waals surface area contributed by atoms with Crippen LogP contribution in [-0.2, 0) is 14.8 Å². The number of nitrogens with zero attached hydrogens (tertiary/aromatic N) is 1. The maximum Gasteiger partial charge on any atom is 0.241 e. The maximum absolute atomic E-state index is 13.0. The molecule has 1 saturated heterocycles. The summed E-state index contributed by atoms with van der Waals surface area (Å²) in [5.74, 6) is 1.19. The Balaban J connectivity index is 0.000000533. The van der Waals surface area contributed by atoms with E-state index in [2.05, 4.69) is 23.0 Å². The number of rotatable bonds is 14. The lowest BCUT2D eigenvalue weighted by Gasteiger charge is -2.32. The molecule has 3 aromatic rings. The number of ether oxygens (including phenoxy) is 1. The minimum absolute atomic E-state index is 0.0875. The molecule has 1 aliphatic rings. The molecule has 1 heterocycles. The number of carbonyl (C=O) groups is 1. The number of halogens is 1. The highest BCUT2D eigenvalue weighted by atomic mass is 35.5. The number of nitrogen functional groups attached to an aromatic ring is 1. The molecule has 0 bridgehead atoms. The molecule has 0 spiro atoms. The lowest BCUT2D eigenvalue weighted by molar-refractivity contribution is -0.131. The molecule has 0 aliphatic carbocycles. The first kappa shape index (κ1) is 38.6. The maximum atomic E-state index is 13.0. The third-order valence-corrected chi connectivity index (χ3v) is 9.96. The number of aryl methyl sites for hydroxylation is 1. The predicted molar refractivity (Wildman–Crippen MR) is 196 cm³/mol. The molecule has 1 amide bonds. The zero-order valence-electron chi connectivity index (χ0n) is 28.5. The Labute approximate surface area is 291 Å². The zero-order valence-corrected chi connectivity index (χ0v) is 30.1. The number of hydrogen-bond acceptors (Lipinski definition) is 6. The molecular weight excluding hydrogens is 646 g/mol. The first-order valence-electron chi connectivity index (χ1n) is 16.5. The third kappa shape index (κ3) is 12.0. The zero-order chi connectivity index (χ0) is 35.1. The van der Waals surface area contributed by atoms with Gasteiger partial charge in [-0.2, -0.15) is 0 Å². The van der Waals surface area contributed by atoms with Gasteiger partial charge in [0.25, 0.3) is 0 Å². The van der Waals surface area contributed by atoms with E-state index in [1.54, 1.807) is 41.3 Å². The number of amides is 1. The monoisotopic (exact) mass is 695 g/mol. The number of sulfonamides is 1. The van der Waals surface area contributed by atoms with Crippen molar-refractivity contribution in [3.05, 3.63) is 94.7 Å². The predicted octanol–water partition coefficient (Wildman–Crippen LogP) is 6.89. The van der Waals surface area contributed by atoms with Crippen LogP contribution in [0, 0.1) is 18.3 Å². The molecule has 11 heteroatoms. The number of nitrogens with two attached hydrogens (primary N) is 1. The summed E-state index contributed by atoms with van der Waals surface area (Å²) in [4.78, 5) is 14.6. The van der Waals surface area contributed by atoms with Crippen molar-refractivity contribution in [1.29, 1.82) is 5.41 Å². The second kappa shape index (κ2) is 19.2. The van der Waals surface area contributed by atoms with Crippen LogP contribution in [0.15, 0.2) is 83.4 Å². The van der Waals surface area contributed by atoms with Crippen LogP contribution in [0.1, 0.15) is 63.5 Å². The van der Waals surface area contributed by atoms with E-state index in [9.17, 15) is 13.2 Å². The molecule has 0 atom stereocenters. The highest BCUT2D eigenvalue weighted by molar-refractivity contribution is 7.89. The highest BCUT2D eigenvalue weighted by Gasteiger charge is 2.24. The van der Waals surface area contributed by atoms with E-state index < -0.39 is 10.0 Å². The van der Waals surface area contributed by atoms with Gasteiger partial charge in [-0.25, -0.2) is 13.1 Å². The number of likely N-dealkylation sites (tertiary alicyclic amines) is 1. The van der Waals surface area contributed by atoms with E-state index in [-0.39, 0.29) is 23.2 Å². The van der Waals surface area contributed by atoms with Crippen molar-refractivity contribution in [3.63, 3.8) is 0 Å². The number of nitrogens with one attached hydrogen (secondary N) is 3. The molecule has 0 radical (unpaired) electrons. The van der Waals surface area contributed by atoms with Crippen molar-refractivity contribution in [3.8, 4) is 16.9 Å². The van der Waals surface area contributed by atoms with Gasteiger partial charge in [-0.3, -0.25) is 10.2 Å². The summed E-state index contributed by atoms with van der Waals surface area (Å²) in [6.45, 7) is 7.62. The van der Waals surface area contributed by atoms with Gasteiger partial charge >= 0.3 is 0 Å². The Kier molecular flexibility index (Phi) is 15.4. The Morgan fingerprint density at radius 3 is 2.42 bits per heavy atom. The molecule has 3 aromatic carbocycles. The van der Waals surface area contributed by atoms with E-state index in [1.165, 1.54) is 11.8 Å². The molecule has 1 fully saturated rings. The quantitative estimate of drug-likeness (QED) is 0.107. The van der Waals surface area contributed by atoms with Gasteiger partial charge in [0.05, 0.1) is 23.1 Å². The van der Waals surface area contributed by atoms with Crippen molar-refractivity contribution in [1.82, 2.24) is 14.9 Å². The fraction of sp³-hybridized carbons (Fsp3) is 0.405. The summed E-state index contributed by atoms with van der Waals surface area (Å²) >= 11 is 6.43. The van der Waals surface area contributed by atoms with Gasteiger partial charge in [-0.1, -0.05) is 60.5 Å². The van der Waals surface area contributed by atoms with Crippen LogP contribution in [0.25, 0.3) is 11.1 Å². The molecule has 9 nitrogen and oxygen atoms in total. The molecule has 1 aliphatic heterocycles. The van der Waals surface area contributed by atoms with Crippen LogP contribution in [0.4, 0.5) is 0 Å². The average molecular weight is 696 g/mol. The Bertz CT molecular complexity index is 1650. The van der Waals surface area contributed by atoms with E-state index in [4.69, 9.17) is 27.5 Å². The van der Waals surface area contributed by atoms with Crippen LogP contribution < -0.4 is 20.5 Å². The summed E-state index contributed by atoms with van der Waals surface area (Å²) in [6.07, 6.45) is 8.50. The fourth-order valence-corrected chi connectivity index (χ4v) is 6.91. The SMILES string of the molecule is CC/C=C(\CCCC1CCN(C(=O)CNS(=O)(=O)c2cccc(-c3ccc(OCC)cc3Cl)c2)CC1)NC.Cc1cccc(C(=N)N)c1. The van der Waals surface area contributed by atoms with E-state index >= 15 is 0 Å². The van der Waals surface area contributed by atoms with Gasteiger partial charge in [0.1, 0.15) is 11.6 Å². The highest BCUT2D eigenvalue weighted by Crippen LogP contribution is 2.32. The molecule has 0 saturated carbocycles. The minimum atomic E-state index is -3.87. The van der Waals surface area contributed by atoms with Gasteiger partial charge in [0.15, 0.2) is 0 Å². The number of carbonyl (C=O) groups excluding carboxylic acids is 1. The topological polar surface area (TPSA) is 138 Å². The molecule has 0 aromatic heterocycles. The van der Waals surface area contributed by atoms with Crippen LogP contribution in [-0.4, -0.2) is 58.3 Å². The smallest absolute Gasteiger partial charge is 0.241 e. The lowest BCUT2D eigenvalue weighted by atomic mass is 9.91. The van der Waals surface area contributed by atoms with Gasteiger partial charge in [0, 0.05) is 37.0 Å². The Morgan fingerprint density at radius 1 is 1.08 bits per heavy atom. The summed E-state index contributed by atoms with van der Waals surface area (Å²) in [5.41, 5.74) is 9.85. The molecule has 0 unspecified atom stereocenters. The lowest BCUT2D eigenvalue weighted by Crippen LogP contribution is -2.44. The van der Waals surface area contributed by atoms with E-state index in [0.29, 0.717) is 47.5 Å². The number of hydrogen-bond donors (Lipinski definition) is 4. The van der Waals surface area contributed by atoms with Crippen molar-refractivity contribution in [2.75, 3.05) is 33.3 Å². The molecule has 260 valence electrons. The van der Waals surface area contributed by atoms with Gasteiger partial charge in [-0.15, -0.1) is 0 Å². The van der Waals surface area contributed by atoms with Gasteiger partial charge in [0.2, 0.25) is 15.9 Å². The van der Waals surface area contributed by atoms with E-state index in [0.717, 1.165) is 49.7 Å². The largest absolute Gasteiger partial charge is 0.494 e.